The molecule has 4 aromatic rings. The number of halogens is 2. The van der Waals surface area contributed by atoms with E-state index in [1.165, 1.54) is 4.90 Å². The van der Waals surface area contributed by atoms with Crippen LogP contribution in [-0.4, -0.2) is 56.3 Å². The van der Waals surface area contributed by atoms with Gasteiger partial charge in [-0.05, 0) is 58.0 Å². The lowest BCUT2D eigenvalue weighted by atomic mass is 9.91. The molecule has 5 rings (SSSR count). The van der Waals surface area contributed by atoms with Crippen LogP contribution >= 0.6 is 34.2 Å². The van der Waals surface area contributed by atoms with Crippen LogP contribution in [0.5, 0.6) is 5.75 Å². The predicted molar refractivity (Wildman–Crippen MR) is 162 cm³/mol. The van der Waals surface area contributed by atoms with Gasteiger partial charge in [0.2, 0.25) is 0 Å². The Bertz CT molecular complexity index is 1530. The lowest BCUT2D eigenvalue weighted by molar-refractivity contribution is -0.129. The molecule has 4 atom stereocenters. The molecule has 2 heterocycles. The summed E-state index contributed by atoms with van der Waals surface area (Å²) in [4.78, 5) is 36.5. The summed E-state index contributed by atoms with van der Waals surface area (Å²) in [5.41, 5.74) is 2.97. The monoisotopic (exact) mass is 686 g/mol. The van der Waals surface area contributed by atoms with Gasteiger partial charge in [0.05, 0.1) is 23.5 Å². The number of urea groups is 1. The van der Waals surface area contributed by atoms with Gasteiger partial charge in [0.25, 0.3) is 5.91 Å². The summed E-state index contributed by atoms with van der Waals surface area (Å²) in [5.74, 6) is 0.228. The largest absolute Gasteiger partial charge is 0.491 e. The van der Waals surface area contributed by atoms with E-state index < -0.39 is 36.7 Å². The van der Waals surface area contributed by atoms with Crippen LogP contribution in [0.4, 0.5) is 4.79 Å². The maximum absolute atomic E-state index is 13.9. The first-order valence-corrected chi connectivity index (χ1v) is 14.4. The van der Waals surface area contributed by atoms with Crippen molar-refractivity contribution < 1.29 is 24.5 Å². The predicted octanol–water partition coefficient (Wildman–Crippen LogP) is 5.20. The third kappa shape index (κ3) is 6.25. The zero-order valence-corrected chi connectivity index (χ0v) is 24.9. The molecule has 1 saturated heterocycles. The number of carbonyl (C=O) groups excluding carboxylic acids is 2. The van der Waals surface area contributed by atoms with Gasteiger partial charge >= 0.3 is 6.03 Å². The molecule has 1 aromatic heterocycles. The first-order valence-electron chi connectivity index (χ1n) is 13.0. The average Bonchev–Trinajstić information content (AvgIpc) is 3.57. The van der Waals surface area contributed by atoms with Gasteiger partial charge in [-0.25, -0.2) is 9.78 Å². The number of nitrogens with one attached hydrogen (secondary N) is 2. The fraction of sp³-hybridized carbons (Fsp3) is 0.233. The Morgan fingerprint density at radius 1 is 1.10 bits per heavy atom. The second kappa shape index (κ2) is 12.6. The summed E-state index contributed by atoms with van der Waals surface area (Å²) in [7, 11) is 0. The third-order valence-corrected chi connectivity index (χ3v) is 8.00. The first kappa shape index (κ1) is 29.1. The molecule has 1 aliphatic rings. The number of rotatable bonds is 10. The molecular formula is C30H28ClIN4O5. The van der Waals surface area contributed by atoms with Gasteiger partial charge in [-0.1, -0.05) is 67.1 Å². The standard InChI is InChI=1S/C30H28ClIN4O5/c1-17(18-5-3-2-4-6-18)27(28-33-14-25(34-28)23-12-9-20(32)13-24(23)31)36-29(39)26(35-30(36)40)19-7-10-22(11-8-19)41-16-21(38)15-37/h2-14,17,21,26-27,37-38H,15-16H2,1H3,(H,33,34)(H,35,40)/t17-,21-,26-,27+/m1/s1. The van der Waals surface area contributed by atoms with Crippen molar-refractivity contribution in [3.63, 3.8) is 0 Å². The van der Waals surface area contributed by atoms with Crippen molar-refractivity contribution in [1.82, 2.24) is 20.2 Å². The van der Waals surface area contributed by atoms with Gasteiger partial charge in [-0.2, -0.15) is 0 Å². The maximum Gasteiger partial charge on any atom is 0.325 e. The molecule has 0 radical (unpaired) electrons. The number of aliphatic hydroxyl groups is 2. The van der Waals surface area contributed by atoms with Gasteiger partial charge in [-0.3, -0.25) is 9.69 Å². The van der Waals surface area contributed by atoms with Crippen LogP contribution in [0.25, 0.3) is 11.3 Å². The molecule has 0 saturated carbocycles. The molecule has 3 aromatic carbocycles. The zero-order valence-electron chi connectivity index (χ0n) is 22.0. The molecule has 1 fully saturated rings. The van der Waals surface area contributed by atoms with Gasteiger partial charge in [0.1, 0.15) is 36.4 Å². The molecule has 0 unspecified atom stereocenters. The highest BCUT2D eigenvalue weighted by Gasteiger charge is 2.46. The molecule has 4 N–H and O–H groups in total. The number of benzene rings is 3. The Hall–Kier alpha value is -3.45. The van der Waals surface area contributed by atoms with Gasteiger partial charge < -0.3 is 25.3 Å². The van der Waals surface area contributed by atoms with Crippen molar-refractivity contribution in [2.24, 2.45) is 0 Å². The van der Waals surface area contributed by atoms with E-state index in [9.17, 15) is 14.7 Å². The number of hydrogen-bond acceptors (Lipinski definition) is 6. The van der Waals surface area contributed by atoms with Crippen molar-refractivity contribution in [3.05, 3.63) is 105 Å². The minimum atomic E-state index is -0.994. The Labute approximate surface area is 255 Å². The summed E-state index contributed by atoms with van der Waals surface area (Å²) in [6.45, 7) is 1.48. The van der Waals surface area contributed by atoms with E-state index in [1.807, 2.05) is 55.5 Å². The number of carbonyl (C=O) groups is 2. The molecule has 0 aliphatic carbocycles. The van der Waals surface area contributed by atoms with Crippen LogP contribution in [0.3, 0.4) is 0 Å². The van der Waals surface area contributed by atoms with Crippen LogP contribution in [0.1, 0.15) is 41.9 Å². The van der Waals surface area contributed by atoms with Crippen LogP contribution < -0.4 is 10.1 Å². The van der Waals surface area contributed by atoms with Crippen LogP contribution in [0, 0.1) is 3.57 Å². The summed E-state index contributed by atoms with van der Waals surface area (Å²) in [6, 6.07) is 19.9. The number of ether oxygens (including phenoxy) is 1. The number of nitrogens with zero attached hydrogens (tertiary/aromatic N) is 2. The van der Waals surface area contributed by atoms with E-state index in [2.05, 4.69) is 37.9 Å². The minimum absolute atomic E-state index is 0.0691. The zero-order chi connectivity index (χ0) is 29.1. The van der Waals surface area contributed by atoms with Crippen molar-refractivity contribution in [3.8, 4) is 17.0 Å². The van der Waals surface area contributed by atoms with Gasteiger partial charge in [-0.15, -0.1) is 0 Å². The molecule has 9 nitrogen and oxygen atoms in total. The average molecular weight is 687 g/mol. The first-order chi connectivity index (χ1) is 19.8. The van der Waals surface area contributed by atoms with E-state index >= 15 is 0 Å². The quantitative estimate of drug-likeness (QED) is 0.134. The molecule has 1 aliphatic heterocycles. The Morgan fingerprint density at radius 2 is 1.83 bits per heavy atom. The SMILES string of the molecule is C[C@H](c1ccccc1)[C@@H](c1ncc(-c2ccc(I)cc2Cl)[nH]1)N1C(=O)N[C@H](c2ccc(OC[C@H](O)CO)cc2)C1=O. The fourth-order valence-corrected chi connectivity index (χ4v) is 5.80. The van der Waals surface area contributed by atoms with Crippen molar-refractivity contribution >= 4 is 46.1 Å². The maximum atomic E-state index is 13.9. The summed E-state index contributed by atoms with van der Waals surface area (Å²) >= 11 is 8.71. The van der Waals surface area contributed by atoms with Gasteiger partial charge in [0, 0.05) is 15.1 Å². The highest BCUT2D eigenvalue weighted by Crippen LogP contribution is 2.40. The number of aromatic nitrogens is 2. The summed E-state index contributed by atoms with van der Waals surface area (Å²) in [6.07, 6.45) is 0.669. The van der Waals surface area contributed by atoms with E-state index in [0.717, 1.165) is 14.7 Å². The lowest BCUT2D eigenvalue weighted by Crippen LogP contribution is -2.38. The van der Waals surface area contributed by atoms with E-state index in [-0.39, 0.29) is 12.5 Å². The van der Waals surface area contributed by atoms with Crippen LogP contribution in [0.2, 0.25) is 5.02 Å². The van der Waals surface area contributed by atoms with E-state index in [1.54, 1.807) is 30.5 Å². The van der Waals surface area contributed by atoms with E-state index in [4.69, 9.17) is 21.4 Å². The molecule has 0 spiro atoms. The fourth-order valence-electron chi connectivity index (χ4n) is 4.84. The summed E-state index contributed by atoms with van der Waals surface area (Å²) in [5, 5.41) is 21.9. The van der Waals surface area contributed by atoms with Crippen molar-refractivity contribution in [2.75, 3.05) is 13.2 Å². The third-order valence-electron chi connectivity index (χ3n) is 7.01. The minimum Gasteiger partial charge on any atom is -0.491 e. The number of aliphatic hydroxyl groups excluding tert-OH is 2. The highest BCUT2D eigenvalue weighted by atomic mass is 127. The number of H-pyrrole nitrogens is 1. The number of imidazole rings is 1. The number of hydrogen-bond donors (Lipinski definition) is 4. The molecule has 212 valence electrons. The van der Waals surface area contributed by atoms with E-state index in [0.29, 0.717) is 27.9 Å². The van der Waals surface area contributed by atoms with Crippen LogP contribution in [-0.2, 0) is 4.79 Å². The molecule has 41 heavy (non-hydrogen) atoms. The number of imide groups is 1. The molecular weight excluding hydrogens is 659 g/mol. The topological polar surface area (TPSA) is 128 Å². The number of amides is 3. The second-order valence-electron chi connectivity index (χ2n) is 9.76. The van der Waals surface area contributed by atoms with Crippen molar-refractivity contribution in [1.29, 1.82) is 0 Å². The Kier molecular flexibility index (Phi) is 8.93. The lowest BCUT2D eigenvalue weighted by Gasteiger charge is -2.29. The molecule has 11 heteroatoms. The van der Waals surface area contributed by atoms with Crippen molar-refractivity contribution in [2.45, 2.75) is 31.0 Å². The Balaban J connectivity index is 1.46. The Morgan fingerprint density at radius 3 is 2.51 bits per heavy atom. The second-order valence-corrected chi connectivity index (χ2v) is 11.4. The highest BCUT2D eigenvalue weighted by molar-refractivity contribution is 14.1. The molecule has 3 amide bonds. The number of aromatic amines is 1. The van der Waals surface area contributed by atoms with Gasteiger partial charge in [0.15, 0.2) is 0 Å². The smallest absolute Gasteiger partial charge is 0.325 e. The normalized spacial score (nSPS) is 17.3. The molecule has 0 bridgehead atoms. The summed E-state index contributed by atoms with van der Waals surface area (Å²) < 4.78 is 6.46. The van der Waals surface area contributed by atoms with Crippen LogP contribution in [0.15, 0.2) is 79.0 Å².